The van der Waals surface area contributed by atoms with Crippen LogP contribution in [-0.4, -0.2) is 16.3 Å². The van der Waals surface area contributed by atoms with Gasteiger partial charge in [0.2, 0.25) is 16.3 Å². The first-order chi connectivity index (χ1) is 14.1. The lowest BCUT2D eigenvalue weighted by Crippen LogP contribution is -2.24. The first kappa shape index (κ1) is 29.5. The van der Waals surface area contributed by atoms with Crippen molar-refractivity contribution in [1.82, 2.24) is 0 Å². The van der Waals surface area contributed by atoms with E-state index in [2.05, 4.69) is 27.7 Å². The molecule has 1 heteroatoms. The van der Waals surface area contributed by atoms with Crippen LogP contribution in [0.3, 0.4) is 0 Å². The molecule has 0 amide bonds. The van der Waals surface area contributed by atoms with Crippen molar-refractivity contribution in [2.75, 3.05) is 0 Å². The quantitative estimate of drug-likeness (QED) is 0.113. The summed E-state index contributed by atoms with van der Waals surface area (Å²) in [6, 6.07) is 0. The van der Waals surface area contributed by atoms with E-state index in [0.717, 1.165) is 10.2 Å². The van der Waals surface area contributed by atoms with Crippen LogP contribution in [0.1, 0.15) is 169 Å². The van der Waals surface area contributed by atoms with Gasteiger partial charge in [0.15, 0.2) is 0 Å². The van der Waals surface area contributed by atoms with Crippen LogP contribution in [0.5, 0.6) is 0 Å². The molecule has 0 fully saturated rings. The third-order valence-electron chi connectivity index (χ3n) is 7.59. The number of rotatable bonds is 23. The van der Waals surface area contributed by atoms with E-state index in [1.807, 2.05) is 0 Å². The van der Waals surface area contributed by atoms with E-state index in [-0.39, 0.29) is 0 Å². The molecule has 0 aliphatic heterocycles. The molecule has 0 nitrogen and oxygen atoms in total. The monoisotopic (exact) mass is 422 g/mol. The Bertz CT molecular complexity index is 295. The molecule has 0 rings (SSSR count). The lowest BCUT2D eigenvalue weighted by atomic mass is 9.78. The maximum atomic E-state index is 2.50. The molecule has 0 bridgehead atoms. The molecule has 0 heterocycles. The highest BCUT2D eigenvalue weighted by molar-refractivity contribution is 6.15. The summed E-state index contributed by atoms with van der Waals surface area (Å²) >= 11 is 1.42. The van der Waals surface area contributed by atoms with Gasteiger partial charge < -0.3 is 0 Å². The molecule has 0 N–H and O–H groups in total. The first-order valence-corrected chi connectivity index (χ1v) is 15.1. The number of unbranched alkanes of at least 4 members (excludes halogenated alkanes) is 15. The summed E-state index contributed by atoms with van der Waals surface area (Å²) in [5.74, 6) is 1.02. The third kappa shape index (κ3) is 16.8. The summed E-state index contributed by atoms with van der Waals surface area (Å²) in [6.45, 7) is 9.49. The summed E-state index contributed by atoms with van der Waals surface area (Å²) in [5.41, 5.74) is 0. The third-order valence-corrected chi connectivity index (χ3v) is 9.40. The maximum absolute atomic E-state index is 2.50. The van der Waals surface area contributed by atoms with Crippen LogP contribution in [0.15, 0.2) is 0 Å². The molecule has 174 valence electrons. The highest BCUT2D eigenvalue weighted by Gasteiger charge is 2.31. The average molecular weight is 423 g/mol. The summed E-state index contributed by atoms with van der Waals surface area (Å²) in [5, 5.41) is 0. The van der Waals surface area contributed by atoms with Gasteiger partial charge in [-0.25, -0.2) is 0 Å². The zero-order chi connectivity index (χ0) is 21.6. The van der Waals surface area contributed by atoms with Crippen molar-refractivity contribution in [1.29, 1.82) is 0 Å². The van der Waals surface area contributed by atoms with Crippen molar-refractivity contribution in [2.24, 2.45) is 5.92 Å². The zero-order valence-electron chi connectivity index (χ0n) is 21.6. The minimum Gasteiger partial charge on any atom is -0.0769 e. The van der Waals surface area contributed by atoms with Gasteiger partial charge in [-0.05, 0) is 5.92 Å². The topological polar surface area (TPSA) is 0 Å². The van der Waals surface area contributed by atoms with Crippen LogP contribution in [0.25, 0.3) is 0 Å². The second kappa shape index (κ2) is 21.8. The SMILES string of the molecule is CCCCCCCCC(CC)[C]([AlH2])(CCCCCCCC)CCCCCCCC. The van der Waals surface area contributed by atoms with E-state index in [1.54, 1.807) is 12.8 Å². The molecule has 1 unspecified atom stereocenters. The Morgan fingerprint density at radius 2 is 0.828 bits per heavy atom. The van der Waals surface area contributed by atoms with Gasteiger partial charge in [-0.15, -0.1) is 0 Å². The second-order valence-electron chi connectivity index (χ2n) is 10.4. The summed E-state index contributed by atoms with van der Waals surface area (Å²) in [6.07, 6.45) is 32.4. The fourth-order valence-corrected chi connectivity index (χ4v) is 6.77. The van der Waals surface area contributed by atoms with Gasteiger partial charge in [-0.2, -0.15) is 0 Å². The Labute approximate surface area is 195 Å². The van der Waals surface area contributed by atoms with Crippen LogP contribution < -0.4 is 0 Å². The Kier molecular flexibility index (Phi) is 22.2. The van der Waals surface area contributed by atoms with Crippen molar-refractivity contribution >= 4 is 16.3 Å². The standard InChI is InChI=1S/C28H57.Al.2H/c1-5-9-12-15-18-21-24-27(8-4)28(25-22-19-16-13-10-6-2)26-23-20-17-14-11-7-3;;;/h27H,5-26H2,1-4H3;;;. The van der Waals surface area contributed by atoms with E-state index in [1.165, 1.54) is 145 Å². The molecule has 0 spiro atoms. The van der Waals surface area contributed by atoms with Crippen LogP contribution in [0.4, 0.5) is 0 Å². The van der Waals surface area contributed by atoms with Gasteiger partial charge in [-0.3, -0.25) is 0 Å². The van der Waals surface area contributed by atoms with Crippen molar-refractivity contribution in [3.05, 3.63) is 0 Å². The van der Waals surface area contributed by atoms with Crippen molar-refractivity contribution in [2.45, 2.75) is 173 Å². The molecule has 0 aliphatic rings. The van der Waals surface area contributed by atoms with Crippen molar-refractivity contribution in [3.63, 3.8) is 0 Å². The smallest absolute Gasteiger partial charge is 0.0769 e. The van der Waals surface area contributed by atoms with Gasteiger partial charge in [0, 0.05) is 0 Å². The number of hydrogen-bond donors (Lipinski definition) is 0. The van der Waals surface area contributed by atoms with Gasteiger partial charge in [0.25, 0.3) is 0 Å². The molecule has 0 saturated carbocycles. The number of hydrogen-bond acceptors (Lipinski definition) is 0. The van der Waals surface area contributed by atoms with Crippen LogP contribution in [0.2, 0.25) is 4.28 Å². The molecule has 0 radical (unpaired) electrons. The summed E-state index contributed by atoms with van der Waals surface area (Å²) < 4.78 is 0.744. The average Bonchev–Trinajstić information content (AvgIpc) is 2.72. The second-order valence-corrected chi connectivity index (χ2v) is 12.3. The van der Waals surface area contributed by atoms with E-state index in [0.29, 0.717) is 0 Å². The van der Waals surface area contributed by atoms with Gasteiger partial charge in [0.05, 0.1) is 0 Å². The van der Waals surface area contributed by atoms with Crippen LogP contribution in [-0.2, 0) is 0 Å². The summed E-state index contributed by atoms with van der Waals surface area (Å²) in [4.78, 5) is 0. The van der Waals surface area contributed by atoms with E-state index in [9.17, 15) is 0 Å². The predicted molar refractivity (Wildman–Crippen MR) is 139 cm³/mol. The normalized spacial score (nSPS) is 13.1. The van der Waals surface area contributed by atoms with Crippen molar-refractivity contribution < 1.29 is 0 Å². The first-order valence-electron chi connectivity index (χ1n) is 14.1. The molecule has 1 atom stereocenters. The van der Waals surface area contributed by atoms with Crippen LogP contribution >= 0.6 is 0 Å². The van der Waals surface area contributed by atoms with Crippen LogP contribution in [0, 0.1) is 5.92 Å². The maximum Gasteiger partial charge on any atom is 0.221 e. The Morgan fingerprint density at radius 1 is 0.483 bits per heavy atom. The molecule has 0 aromatic carbocycles. The van der Waals surface area contributed by atoms with Gasteiger partial charge in [0.1, 0.15) is 0 Å². The fraction of sp³-hybridized carbons (Fsp3) is 1.00. The van der Waals surface area contributed by atoms with E-state index < -0.39 is 0 Å². The van der Waals surface area contributed by atoms with Crippen molar-refractivity contribution in [3.8, 4) is 0 Å². The Hall–Kier alpha value is 0.532. The van der Waals surface area contributed by atoms with Gasteiger partial charge in [-0.1, -0.05) is 173 Å². The lowest BCUT2D eigenvalue weighted by molar-refractivity contribution is 0.268. The largest absolute Gasteiger partial charge is 0.221 e. The van der Waals surface area contributed by atoms with E-state index in [4.69, 9.17) is 0 Å². The molecule has 0 aromatic rings. The predicted octanol–water partition coefficient (Wildman–Crippen LogP) is 10.1. The van der Waals surface area contributed by atoms with E-state index >= 15 is 0 Å². The lowest BCUT2D eigenvalue weighted by Gasteiger charge is -2.39. The Morgan fingerprint density at radius 3 is 1.21 bits per heavy atom. The minimum atomic E-state index is 0.744. The fourth-order valence-electron chi connectivity index (χ4n) is 5.37. The Balaban J connectivity index is 4.45. The highest BCUT2D eigenvalue weighted by atomic mass is 27.0. The van der Waals surface area contributed by atoms with Gasteiger partial charge >= 0.3 is 0 Å². The minimum absolute atomic E-state index is 0.744. The molecule has 0 aromatic heterocycles. The molecular weight excluding hydrogens is 363 g/mol. The molecule has 0 aliphatic carbocycles. The molecule has 29 heavy (non-hydrogen) atoms. The zero-order valence-corrected chi connectivity index (χ0v) is 23.6. The molecule has 0 saturated heterocycles. The summed E-state index contributed by atoms with van der Waals surface area (Å²) in [7, 11) is 0. The highest BCUT2D eigenvalue weighted by Crippen LogP contribution is 2.47. The molecular formula is C28H59Al.